The lowest BCUT2D eigenvalue weighted by Crippen LogP contribution is -2.21. The van der Waals surface area contributed by atoms with Gasteiger partial charge in [0, 0.05) is 29.0 Å². The first kappa shape index (κ1) is 14.2. The van der Waals surface area contributed by atoms with Gasteiger partial charge in [0.1, 0.15) is 5.01 Å². The van der Waals surface area contributed by atoms with Crippen molar-refractivity contribution in [3.05, 3.63) is 47.0 Å². The zero-order chi connectivity index (χ0) is 14.8. The molecule has 0 aliphatic carbocycles. The maximum Gasteiger partial charge on any atom is 0.142 e. The van der Waals surface area contributed by atoms with Gasteiger partial charge in [0.05, 0.1) is 11.2 Å². The summed E-state index contributed by atoms with van der Waals surface area (Å²) >= 11 is 1.71. The molecule has 3 nitrogen and oxygen atoms in total. The van der Waals surface area contributed by atoms with Crippen LogP contribution >= 0.6 is 11.3 Å². The highest BCUT2D eigenvalue weighted by atomic mass is 32.1. The number of hydrogen-bond acceptors (Lipinski definition) is 4. The molecule has 0 aliphatic heterocycles. The van der Waals surface area contributed by atoms with Crippen LogP contribution in [0.5, 0.6) is 0 Å². The van der Waals surface area contributed by atoms with Crippen molar-refractivity contribution < 1.29 is 0 Å². The Kier molecular flexibility index (Phi) is 3.99. The lowest BCUT2D eigenvalue weighted by molar-refractivity contribution is 0.593. The molecule has 0 aliphatic rings. The molecular weight excluding hydrogens is 278 g/mol. The summed E-state index contributed by atoms with van der Waals surface area (Å²) in [6.07, 6.45) is 1.95. The molecule has 0 bridgehead atoms. The first-order valence-corrected chi connectivity index (χ1v) is 8.00. The second-order valence-electron chi connectivity index (χ2n) is 5.51. The second kappa shape index (κ2) is 5.92. The Balaban J connectivity index is 1.93. The average molecular weight is 297 g/mol. The molecule has 0 radical (unpaired) electrons. The van der Waals surface area contributed by atoms with E-state index in [-0.39, 0.29) is 0 Å². The van der Waals surface area contributed by atoms with Gasteiger partial charge in [-0.3, -0.25) is 0 Å². The maximum atomic E-state index is 4.74. The molecule has 0 saturated carbocycles. The fourth-order valence-corrected chi connectivity index (χ4v) is 3.10. The van der Waals surface area contributed by atoms with E-state index in [1.54, 1.807) is 11.3 Å². The van der Waals surface area contributed by atoms with Crippen molar-refractivity contribution in [3.8, 4) is 10.7 Å². The first-order valence-electron chi connectivity index (χ1n) is 7.18. The lowest BCUT2D eigenvalue weighted by Gasteiger charge is -2.05. The van der Waals surface area contributed by atoms with E-state index in [0.717, 1.165) is 22.8 Å². The number of aromatic nitrogens is 2. The number of nitrogens with one attached hydrogen (secondary N) is 1. The van der Waals surface area contributed by atoms with Gasteiger partial charge < -0.3 is 5.32 Å². The first-order chi connectivity index (χ1) is 10.1. The van der Waals surface area contributed by atoms with Crippen LogP contribution in [0.4, 0.5) is 0 Å². The molecule has 3 rings (SSSR count). The summed E-state index contributed by atoms with van der Waals surface area (Å²) in [7, 11) is 0. The molecule has 4 heteroatoms. The molecule has 21 heavy (non-hydrogen) atoms. The van der Waals surface area contributed by atoms with Gasteiger partial charge in [-0.2, -0.15) is 0 Å². The number of para-hydroxylation sites is 1. The molecule has 0 amide bonds. The van der Waals surface area contributed by atoms with Crippen LogP contribution in [0.1, 0.15) is 24.3 Å². The summed E-state index contributed by atoms with van der Waals surface area (Å²) in [5, 5.41) is 5.62. The van der Waals surface area contributed by atoms with Gasteiger partial charge in [-0.1, -0.05) is 32.0 Å². The Morgan fingerprint density at radius 1 is 1.24 bits per heavy atom. The number of aryl methyl sites for hydroxylation is 1. The third-order valence-electron chi connectivity index (χ3n) is 3.38. The minimum absolute atomic E-state index is 0.483. The number of thiazole rings is 1. The zero-order valence-corrected chi connectivity index (χ0v) is 13.4. The monoisotopic (exact) mass is 297 g/mol. The molecule has 108 valence electrons. The topological polar surface area (TPSA) is 37.8 Å². The quantitative estimate of drug-likeness (QED) is 0.785. The molecule has 1 N–H and O–H groups in total. The van der Waals surface area contributed by atoms with E-state index in [1.165, 1.54) is 15.8 Å². The van der Waals surface area contributed by atoms with Crippen LogP contribution in [0.15, 0.2) is 36.5 Å². The maximum absolute atomic E-state index is 4.74. The number of pyridine rings is 1. The molecule has 0 atom stereocenters. The standard InChI is InChI=1S/C17H19N3S/c1-11(2)18-9-13-10-19-17(21-13)16-8-12(3)14-6-4-5-7-15(14)20-16/h4-8,10-11,18H,9H2,1-3H3. The van der Waals surface area contributed by atoms with Gasteiger partial charge in [-0.15, -0.1) is 11.3 Å². The van der Waals surface area contributed by atoms with Gasteiger partial charge in [0.2, 0.25) is 0 Å². The van der Waals surface area contributed by atoms with E-state index in [4.69, 9.17) is 4.98 Å². The predicted octanol–water partition coefficient (Wildman–Crippen LogP) is 4.16. The van der Waals surface area contributed by atoms with Crippen molar-refractivity contribution in [3.63, 3.8) is 0 Å². The van der Waals surface area contributed by atoms with Crippen LogP contribution in [0.2, 0.25) is 0 Å². The normalized spacial score (nSPS) is 11.4. The highest BCUT2D eigenvalue weighted by molar-refractivity contribution is 7.15. The molecule has 2 heterocycles. The highest BCUT2D eigenvalue weighted by Gasteiger charge is 2.09. The number of fused-ring (bicyclic) bond motifs is 1. The molecule has 3 aromatic rings. The summed E-state index contributed by atoms with van der Waals surface area (Å²) in [5.41, 5.74) is 3.24. The van der Waals surface area contributed by atoms with Crippen LogP contribution in [0, 0.1) is 6.92 Å². The van der Waals surface area contributed by atoms with Gasteiger partial charge >= 0.3 is 0 Å². The van der Waals surface area contributed by atoms with Gasteiger partial charge in [0.25, 0.3) is 0 Å². The summed E-state index contributed by atoms with van der Waals surface area (Å²) in [6.45, 7) is 7.29. The fraction of sp³-hybridized carbons (Fsp3) is 0.294. The third-order valence-corrected chi connectivity index (χ3v) is 4.40. The SMILES string of the molecule is Cc1cc(-c2ncc(CNC(C)C)s2)nc2ccccc12. The number of nitrogens with zero attached hydrogens (tertiary/aromatic N) is 2. The van der Waals surface area contributed by atoms with Gasteiger partial charge in [-0.25, -0.2) is 9.97 Å². The van der Waals surface area contributed by atoms with Crippen LogP contribution in [-0.2, 0) is 6.54 Å². The van der Waals surface area contributed by atoms with Crippen LogP contribution in [0.25, 0.3) is 21.6 Å². The van der Waals surface area contributed by atoms with Crippen LogP contribution < -0.4 is 5.32 Å². The van der Waals surface area contributed by atoms with Crippen molar-refractivity contribution in [1.29, 1.82) is 0 Å². The van der Waals surface area contributed by atoms with Crippen molar-refractivity contribution in [1.82, 2.24) is 15.3 Å². The van der Waals surface area contributed by atoms with Gasteiger partial charge in [0.15, 0.2) is 0 Å². The Labute approximate surface area is 129 Å². The summed E-state index contributed by atoms with van der Waals surface area (Å²) in [5.74, 6) is 0. The van der Waals surface area contributed by atoms with Crippen molar-refractivity contribution in [2.75, 3.05) is 0 Å². The summed E-state index contributed by atoms with van der Waals surface area (Å²) in [4.78, 5) is 10.5. The largest absolute Gasteiger partial charge is 0.310 e. The third kappa shape index (κ3) is 3.12. The van der Waals surface area contributed by atoms with E-state index < -0.39 is 0 Å². The van der Waals surface area contributed by atoms with Crippen molar-refractivity contribution >= 4 is 22.2 Å². The Hall–Kier alpha value is -1.78. The Morgan fingerprint density at radius 3 is 2.86 bits per heavy atom. The van der Waals surface area contributed by atoms with E-state index in [9.17, 15) is 0 Å². The number of hydrogen-bond donors (Lipinski definition) is 1. The van der Waals surface area contributed by atoms with Crippen molar-refractivity contribution in [2.45, 2.75) is 33.4 Å². The van der Waals surface area contributed by atoms with E-state index in [0.29, 0.717) is 6.04 Å². The second-order valence-corrected chi connectivity index (χ2v) is 6.62. The average Bonchev–Trinajstić information content (AvgIpc) is 2.94. The molecule has 0 unspecified atom stereocenters. The molecular formula is C17H19N3S. The van der Waals surface area contributed by atoms with Crippen LogP contribution in [-0.4, -0.2) is 16.0 Å². The van der Waals surface area contributed by atoms with Gasteiger partial charge in [-0.05, 0) is 24.6 Å². The molecule has 0 saturated heterocycles. The van der Waals surface area contributed by atoms with Crippen LogP contribution in [0.3, 0.4) is 0 Å². The molecule has 2 aromatic heterocycles. The molecule has 0 fully saturated rings. The van der Waals surface area contributed by atoms with E-state index in [1.807, 2.05) is 12.3 Å². The Bertz CT molecular complexity index is 762. The zero-order valence-electron chi connectivity index (χ0n) is 12.6. The minimum atomic E-state index is 0.483. The predicted molar refractivity (Wildman–Crippen MR) is 89.6 cm³/mol. The fourth-order valence-electron chi connectivity index (χ4n) is 2.27. The minimum Gasteiger partial charge on any atom is -0.310 e. The summed E-state index contributed by atoms with van der Waals surface area (Å²) < 4.78 is 0. The highest BCUT2D eigenvalue weighted by Crippen LogP contribution is 2.27. The lowest BCUT2D eigenvalue weighted by atomic mass is 10.1. The van der Waals surface area contributed by atoms with E-state index in [2.05, 4.69) is 55.3 Å². The van der Waals surface area contributed by atoms with Crippen molar-refractivity contribution in [2.24, 2.45) is 0 Å². The van der Waals surface area contributed by atoms with E-state index >= 15 is 0 Å². The summed E-state index contributed by atoms with van der Waals surface area (Å²) in [6, 6.07) is 10.9. The Morgan fingerprint density at radius 2 is 2.05 bits per heavy atom. The molecule has 1 aromatic carbocycles. The smallest absolute Gasteiger partial charge is 0.142 e. The molecule has 0 spiro atoms. The number of benzene rings is 1. The number of rotatable bonds is 4.